The van der Waals surface area contributed by atoms with Crippen molar-refractivity contribution >= 4 is 33.2 Å². The molecular formula is C25H27ClN2O3S. The molecule has 0 aliphatic rings. The molecule has 0 bridgehead atoms. The Labute approximate surface area is 194 Å². The molecule has 32 heavy (non-hydrogen) atoms. The summed E-state index contributed by atoms with van der Waals surface area (Å²) >= 11 is 6.22. The van der Waals surface area contributed by atoms with Crippen LogP contribution < -0.4 is 10.0 Å². The lowest BCUT2D eigenvalue weighted by atomic mass is 10.0. The van der Waals surface area contributed by atoms with E-state index in [1.807, 2.05) is 58.0 Å². The van der Waals surface area contributed by atoms with Crippen molar-refractivity contribution in [1.29, 1.82) is 0 Å². The molecule has 0 aliphatic heterocycles. The van der Waals surface area contributed by atoms with Gasteiger partial charge in [0.2, 0.25) is 0 Å². The van der Waals surface area contributed by atoms with Crippen molar-refractivity contribution in [2.45, 2.75) is 45.1 Å². The average Bonchev–Trinajstić information content (AvgIpc) is 2.76. The SMILES string of the molecule is CC[C@@H](NC(=O)c1ccc(Cl)c(S(=O)(=O)Nc2cccc(C)c2C)c1)c1ccc(C)cc1. The van der Waals surface area contributed by atoms with Gasteiger partial charge in [-0.15, -0.1) is 0 Å². The fourth-order valence-electron chi connectivity index (χ4n) is 3.37. The Morgan fingerprint density at radius 2 is 1.69 bits per heavy atom. The molecule has 7 heteroatoms. The number of halogens is 1. The maximum atomic E-state index is 13.1. The van der Waals surface area contributed by atoms with Crippen molar-refractivity contribution < 1.29 is 13.2 Å². The molecule has 1 amide bonds. The molecule has 168 valence electrons. The third-order valence-corrected chi connectivity index (χ3v) is 7.37. The van der Waals surface area contributed by atoms with Gasteiger partial charge in [-0.1, -0.05) is 60.5 Å². The van der Waals surface area contributed by atoms with Gasteiger partial charge in [0.05, 0.1) is 16.8 Å². The molecule has 0 saturated carbocycles. The molecular weight excluding hydrogens is 444 g/mol. The molecule has 0 fully saturated rings. The van der Waals surface area contributed by atoms with E-state index in [-0.39, 0.29) is 27.4 Å². The van der Waals surface area contributed by atoms with Crippen LogP contribution in [0.3, 0.4) is 0 Å². The van der Waals surface area contributed by atoms with Crippen LogP contribution in [-0.4, -0.2) is 14.3 Å². The number of hydrogen-bond donors (Lipinski definition) is 2. The number of sulfonamides is 1. The van der Waals surface area contributed by atoms with Gasteiger partial charge in [-0.05, 0) is 68.1 Å². The Morgan fingerprint density at radius 1 is 1.00 bits per heavy atom. The Bertz CT molecular complexity index is 1240. The standard InChI is InChI=1S/C25H27ClN2O3S/c1-5-22(19-11-9-16(2)10-12-19)27-25(29)20-13-14-21(26)24(15-20)32(30,31)28-23-8-6-7-17(3)18(23)4/h6-15,22,28H,5H2,1-4H3,(H,27,29)/t22-/m1/s1. The zero-order valence-corrected chi connectivity index (χ0v) is 20.1. The summed E-state index contributed by atoms with van der Waals surface area (Å²) in [5.74, 6) is -0.364. The zero-order chi connectivity index (χ0) is 23.5. The number of amides is 1. The van der Waals surface area contributed by atoms with Gasteiger partial charge in [0, 0.05) is 5.56 Å². The summed E-state index contributed by atoms with van der Waals surface area (Å²) in [7, 11) is -3.99. The number of hydrogen-bond acceptors (Lipinski definition) is 3. The van der Waals surface area contributed by atoms with E-state index in [0.29, 0.717) is 12.1 Å². The first-order valence-corrected chi connectivity index (χ1v) is 12.2. The molecule has 0 saturated heterocycles. The highest BCUT2D eigenvalue weighted by molar-refractivity contribution is 7.92. The number of anilines is 1. The molecule has 0 unspecified atom stereocenters. The first kappa shape index (κ1) is 23.8. The van der Waals surface area contributed by atoms with E-state index in [1.54, 1.807) is 12.1 Å². The minimum atomic E-state index is -3.99. The third kappa shape index (κ3) is 5.31. The summed E-state index contributed by atoms with van der Waals surface area (Å²) in [6.07, 6.45) is 0.696. The number of carbonyl (C=O) groups excluding carboxylic acids is 1. The second-order valence-electron chi connectivity index (χ2n) is 7.84. The molecule has 2 N–H and O–H groups in total. The summed E-state index contributed by atoms with van der Waals surface area (Å²) in [5, 5.41) is 3.03. The van der Waals surface area contributed by atoms with E-state index < -0.39 is 10.0 Å². The molecule has 3 aromatic carbocycles. The number of nitrogens with one attached hydrogen (secondary N) is 2. The van der Waals surface area contributed by atoms with Crippen molar-refractivity contribution in [1.82, 2.24) is 5.32 Å². The Hall–Kier alpha value is -2.83. The largest absolute Gasteiger partial charge is 0.345 e. The minimum absolute atomic E-state index is 0.0462. The fourth-order valence-corrected chi connectivity index (χ4v) is 5.02. The van der Waals surface area contributed by atoms with Crippen LogP contribution in [0.25, 0.3) is 0 Å². The van der Waals surface area contributed by atoms with Crippen LogP contribution in [0.1, 0.15) is 52.0 Å². The van der Waals surface area contributed by atoms with Gasteiger partial charge in [0.25, 0.3) is 15.9 Å². The minimum Gasteiger partial charge on any atom is -0.345 e. The monoisotopic (exact) mass is 470 g/mol. The first-order valence-electron chi connectivity index (χ1n) is 10.4. The Kier molecular flexibility index (Phi) is 7.26. The Balaban J connectivity index is 1.87. The highest BCUT2D eigenvalue weighted by atomic mass is 35.5. The van der Waals surface area contributed by atoms with Crippen LogP contribution in [0.2, 0.25) is 5.02 Å². The van der Waals surface area contributed by atoms with Gasteiger partial charge in [0.1, 0.15) is 4.90 Å². The van der Waals surface area contributed by atoms with Crippen LogP contribution in [0.5, 0.6) is 0 Å². The predicted molar refractivity (Wildman–Crippen MR) is 130 cm³/mol. The molecule has 5 nitrogen and oxygen atoms in total. The van der Waals surface area contributed by atoms with E-state index in [0.717, 1.165) is 22.3 Å². The van der Waals surface area contributed by atoms with Gasteiger partial charge in [-0.2, -0.15) is 0 Å². The first-order chi connectivity index (χ1) is 15.1. The lowest BCUT2D eigenvalue weighted by Crippen LogP contribution is -2.28. The molecule has 1 atom stereocenters. The predicted octanol–water partition coefficient (Wildman–Crippen LogP) is 5.95. The highest BCUT2D eigenvalue weighted by Gasteiger charge is 2.22. The topological polar surface area (TPSA) is 75.3 Å². The maximum Gasteiger partial charge on any atom is 0.263 e. The van der Waals surface area contributed by atoms with Gasteiger partial charge in [0.15, 0.2) is 0 Å². The second-order valence-corrected chi connectivity index (χ2v) is 9.90. The summed E-state index contributed by atoms with van der Waals surface area (Å²) in [4.78, 5) is 12.8. The van der Waals surface area contributed by atoms with Crippen LogP contribution in [-0.2, 0) is 10.0 Å². The summed E-state index contributed by atoms with van der Waals surface area (Å²) < 4.78 is 28.7. The second kappa shape index (κ2) is 9.76. The van der Waals surface area contributed by atoms with E-state index in [9.17, 15) is 13.2 Å². The molecule has 0 radical (unpaired) electrons. The van der Waals surface area contributed by atoms with E-state index >= 15 is 0 Å². The fraction of sp³-hybridized carbons (Fsp3) is 0.240. The van der Waals surface area contributed by atoms with Gasteiger partial charge in [-0.3, -0.25) is 9.52 Å². The van der Waals surface area contributed by atoms with E-state index in [4.69, 9.17) is 11.6 Å². The molecule has 0 aliphatic carbocycles. The number of carbonyl (C=O) groups is 1. The number of rotatable bonds is 7. The van der Waals surface area contributed by atoms with Gasteiger partial charge in [-0.25, -0.2) is 8.42 Å². The maximum absolute atomic E-state index is 13.1. The van der Waals surface area contributed by atoms with Crippen molar-refractivity contribution in [3.8, 4) is 0 Å². The number of benzene rings is 3. The van der Waals surface area contributed by atoms with Crippen molar-refractivity contribution in [2.75, 3.05) is 4.72 Å². The summed E-state index contributed by atoms with van der Waals surface area (Å²) in [6, 6.07) is 17.4. The third-order valence-electron chi connectivity index (χ3n) is 5.53. The highest BCUT2D eigenvalue weighted by Crippen LogP contribution is 2.27. The van der Waals surface area contributed by atoms with E-state index in [2.05, 4.69) is 10.0 Å². The lowest BCUT2D eigenvalue weighted by Gasteiger charge is -2.18. The van der Waals surface area contributed by atoms with Crippen LogP contribution in [0.4, 0.5) is 5.69 Å². The molecule has 0 heterocycles. The van der Waals surface area contributed by atoms with Crippen LogP contribution >= 0.6 is 11.6 Å². The lowest BCUT2D eigenvalue weighted by molar-refractivity contribution is 0.0935. The summed E-state index contributed by atoms with van der Waals surface area (Å²) in [5.41, 5.74) is 4.61. The van der Waals surface area contributed by atoms with Crippen molar-refractivity contribution in [3.63, 3.8) is 0 Å². The number of aryl methyl sites for hydroxylation is 2. The van der Waals surface area contributed by atoms with Crippen molar-refractivity contribution in [3.05, 3.63) is 93.5 Å². The normalized spacial score (nSPS) is 12.3. The van der Waals surface area contributed by atoms with Gasteiger partial charge >= 0.3 is 0 Å². The molecule has 0 aromatic heterocycles. The van der Waals surface area contributed by atoms with Gasteiger partial charge < -0.3 is 5.32 Å². The van der Waals surface area contributed by atoms with Crippen LogP contribution in [0.15, 0.2) is 65.6 Å². The molecule has 3 aromatic rings. The zero-order valence-electron chi connectivity index (χ0n) is 18.6. The van der Waals surface area contributed by atoms with Crippen molar-refractivity contribution in [2.24, 2.45) is 0 Å². The molecule has 3 rings (SSSR count). The van der Waals surface area contributed by atoms with Crippen LogP contribution in [0, 0.1) is 20.8 Å². The van der Waals surface area contributed by atoms with E-state index in [1.165, 1.54) is 18.2 Å². The smallest absolute Gasteiger partial charge is 0.263 e. The molecule has 0 spiro atoms. The Morgan fingerprint density at radius 3 is 2.34 bits per heavy atom. The quantitative estimate of drug-likeness (QED) is 0.448. The summed E-state index contributed by atoms with van der Waals surface area (Å²) in [6.45, 7) is 7.74. The average molecular weight is 471 g/mol.